The lowest BCUT2D eigenvalue weighted by Gasteiger charge is -2.36. The molecule has 0 bridgehead atoms. The smallest absolute Gasteiger partial charge is 0.180 e. The van der Waals surface area contributed by atoms with E-state index in [1.165, 1.54) is 11.4 Å². The number of pyridine rings is 1. The molecule has 3 aromatic rings. The standard InChI is InChI=1S/C28H36BrN7OS/c1-5-21(6-7-24(19(2)3)35-12-14-37-15-13-35)27-32-25-26(23(29)16-30-28(25)33-27)36-10-8-34(9-11-36)17-22-18-38-20(4)31-22/h5-7,16,18-19H,1,8-15,17H2,2-4H3,(H,30,32,33)/b21-6+,24-7+. The molecule has 0 aromatic carbocycles. The molecular formula is C28H36BrN7OS. The van der Waals surface area contributed by atoms with E-state index in [0.29, 0.717) is 11.6 Å². The number of thiazole rings is 1. The Kier molecular flexibility index (Phi) is 8.62. The van der Waals surface area contributed by atoms with Crippen molar-refractivity contribution in [2.45, 2.75) is 27.3 Å². The molecule has 8 nitrogen and oxygen atoms in total. The number of aromatic amines is 1. The fourth-order valence-corrected chi connectivity index (χ4v) is 6.26. The van der Waals surface area contributed by atoms with Gasteiger partial charge in [-0.3, -0.25) is 4.90 Å². The number of piperazine rings is 1. The summed E-state index contributed by atoms with van der Waals surface area (Å²) in [4.78, 5) is 25.0. The lowest BCUT2D eigenvalue weighted by atomic mass is 10.1. The monoisotopic (exact) mass is 597 g/mol. The van der Waals surface area contributed by atoms with Gasteiger partial charge < -0.3 is 19.5 Å². The van der Waals surface area contributed by atoms with Crippen molar-refractivity contribution >= 4 is 49.7 Å². The predicted octanol–water partition coefficient (Wildman–Crippen LogP) is 5.25. The lowest BCUT2D eigenvalue weighted by molar-refractivity contribution is 0.0496. The number of anilines is 1. The van der Waals surface area contributed by atoms with Gasteiger partial charge >= 0.3 is 0 Å². The summed E-state index contributed by atoms with van der Waals surface area (Å²) in [6.07, 6.45) is 8.04. The molecule has 2 fully saturated rings. The first-order chi connectivity index (χ1) is 18.4. The van der Waals surface area contributed by atoms with Crippen LogP contribution in [-0.2, 0) is 11.3 Å². The number of nitrogens with one attached hydrogen (secondary N) is 1. The number of halogens is 1. The molecule has 0 amide bonds. The van der Waals surface area contributed by atoms with Crippen molar-refractivity contribution in [3.8, 4) is 0 Å². The Morgan fingerprint density at radius 3 is 2.58 bits per heavy atom. The van der Waals surface area contributed by atoms with Gasteiger partial charge in [0, 0.05) is 68.7 Å². The first kappa shape index (κ1) is 27.1. The molecule has 5 heterocycles. The minimum Gasteiger partial charge on any atom is -0.378 e. The molecule has 2 saturated heterocycles. The van der Waals surface area contributed by atoms with Crippen molar-refractivity contribution in [3.05, 3.63) is 63.1 Å². The quantitative estimate of drug-likeness (QED) is 0.355. The van der Waals surface area contributed by atoms with Crippen LogP contribution in [0.4, 0.5) is 5.69 Å². The summed E-state index contributed by atoms with van der Waals surface area (Å²) in [7, 11) is 0. The molecule has 0 atom stereocenters. The molecule has 0 aliphatic carbocycles. The van der Waals surface area contributed by atoms with Crippen LogP contribution in [0.15, 0.2) is 46.6 Å². The molecule has 3 aromatic heterocycles. The average Bonchev–Trinajstić information content (AvgIpc) is 3.53. The Hall–Kier alpha value is -2.53. The van der Waals surface area contributed by atoms with Gasteiger partial charge in [-0.2, -0.15) is 0 Å². The fourth-order valence-electron chi connectivity index (χ4n) is 5.11. The number of morpholine rings is 1. The van der Waals surface area contributed by atoms with Gasteiger partial charge in [-0.15, -0.1) is 11.3 Å². The number of fused-ring (bicyclic) bond motifs is 1. The predicted molar refractivity (Wildman–Crippen MR) is 159 cm³/mol. The van der Waals surface area contributed by atoms with Crippen LogP contribution >= 0.6 is 27.3 Å². The van der Waals surface area contributed by atoms with E-state index in [2.05, 4.69) is 90.5 Å². The molecule has 0 radical (unpaired) electrons. The number of hydrogen-bond donors (Lipinski definition) is 1. The minimum absolute atomic E-state index is 0.411. The minimum atomic E-state index is 0.411. The molecule has 10 heteroatoms. The van der Waals surface area contributed by atoms with E-state index in [1.807, 2.05) is 12.3 Å². The average molecular weight is 599 g/mol. The third-order valence-corrected chi connectivity index (χ3v) is 8.49. The van der Waals surface area contributed by atoms with Crippen LogP contribution in [0, 0.1) is 12.8 Å². The number of nitrogens with zero attached hydrogens (tertiary/aromatic N) is 6. The molecule has 2 aliphatic heterocycles. The highest BCUT2D eigenvalue weighted by Gasteiger charge is 2.23. The van der Waals surface area contributed by atoms with E-state index in [4.69, 9.17) is 9.72 Å². The highest BCUT2D eigenvalue weighted by molar-refractivity contribution is 9.10. The van der Waals surface area contributed by atoms with Crippen molar-refractivity contribution in [1.82, 2.24) is 29.7 Å². The first-order valence-corrected chi connectivity index (χ1v) is 14.9. The number of imidazole rings is 1. The van der Waals surface area contributed by atoms with Crippen LogP contribution in [0.25, 0.3) is 16.7 Å². The SMILES string of the molecule is C=C/C(=C\C=C(/C(C)C)N1CCOCC1)c1nc2ncc(Br)c(N3CCN(Cc4csc(C)n4)CC3)c2[nH]1. The molecule has 38 heavy (non-hydrogen) atoms. The maximum absolute atomic E-state index is 5.55. The van der Waals surface area contributed by atoms with Crippen LogP contribution in [0.2, 0.25) is 0 Å². The van der Waals surface area contributed by atoms with Crippen molar-refractivity contribution in [2.75, 3.05) is 57.4 Å². The number of rotatable bonds is 8. The molecule has 5 rings (SSSR count). The van der Waals surface area contributed by atoms with E-state index in [1.54, 1.807) is 11.3 Å². The Morgan fingerprint density at radius 2 is 1.92 bits per heavy atom. The van der Waals surface area contributed by atoms with Gasteiger partial charge in [0.1, 0.15) is 11.3 Å². The van der Waals surface area contributed by atoms with E-state index in [9.17, 15) is 0 Å². The third-order valence-electron chi connectivity index (χ3n) is 7.08. The van der Waals surface area contributed by atoms with Gasteiger partial charge in [-0.25, -0.2) is 15.0 Å². The maximum Gasteiger partial charge on any atom is 0.180 e. The number of H-pyrrole nitrogens is 1. The van der Waals surface area contributed by atoms with Crippen LogP contribution < -0.4 is 4.90 Å². The highest BCUT2D eigenvalue weighted by atomic mass is 79.9. The fraction of sp³-hybridized carbons (Fsp3) is 0.464. The summed E-state index contributed by atoms with van der Waals surface area (Å²) in [5, 5.41) is 3.30. The van der Waals surface area contributed by atoms with Crippen molar-refractivity contribution < 1.29 is 4.74 Å². The third kappa shape index (κ3) is 6.03. The second-order valence-corrected chi connectivity index (χ2v) is 11.9. The van der Waals surface area contributed by atoms with Crippen LogP contribution in [0.3, 0.4) is 0 Å². The molecule has 0 spiro atoms. The number of hydrogen-bond acceptors (Lipinski definition) is 8. The lowest BCUT2D eigenvalue weighted by Crippen LogP contribution is -2.46. The largest absolute Gasteiger partial charge is 0.378 e. The summed E-state index contributed by atoms with van der Waals surface area (Å²) in [6.45, 7) is 18.7. The molecule has 1 N–H and O–H groups in total. The normalized spacial score (nSPS) is 18.1. The maximum atomic E-state index is 5.55. The Labute approximate surface area is 237 Å². The molecule has 2 aliphatic rings. The van der Waals surface area contributed by atoms with E-state index in [0.717, 1.165) is 91.1 Å². The number of aromatic nitrogens is 4. The second-order valence-electron chi connectivity index (χ2n) is 10.0. The van der Waals surface area contributed by atoms with E-state index < -0.39 is 0 Å². The van der Waals surface area contributed by atoms with Gasteiger partial charge in [-0.05, 0) is 40.9 Å². The number of allylic oxidation sites excluding steroid dienone is 5. The second kappa shape index (κ2) is 12.1. The molecule has 202 valence electrons. The van der Waals surface area contributed by atoms with E-state index in [-0.39, 0.29) is 0 Å². The molecular weight excluding hydrogens is 562 g/mol. The van der Waals surface area contributed by atoms with Crippen molar-refractivity contribution in [2.24, 2.45) is 5.92 Å². The molecule has 0 unspecified atom stereocenters. The van der Waals surface area contributed by atoms with Crippen LogP contribution in [-0.4, -0.2) is 82.2 Å². The van der Waals surface area contributed by atoms with Gasteiger partial charge in [0.15, 0.2) is 5.65 Å². The van der Waals surface area contributed by atoms with Crippen molar-refractivity contribution in [3.63, 3.8) is 0 Å². The van der Waals surface area contributed by atoms with Crippen LogP contribution in [0.1, 0.15) is 30.4 Å². The summed E-state index contributed by atoms with van der Waals surface area (Å²) < 4.78 is 6.52. The zero-order valence-corrected chi connectivity index (χ0v) is 24.8. The van der Waals surface area contributed by atoms with Crippen LogP contribution in [0.5, 0.6) is 0 Å². The zero-order chi connectivity index (χ0) is 26.6. The Bertz CT molecular complexity index is 1330. The number of aryl methyl sites for hydroxylation is 1. The van der Waals surface area contributed by atoms with Crippen molar-refractivity contribution in [1.29, 1.82) is 0 Å². The number of ether oxygens (including phenoxy) is 1. The Balaban J connectivity index is 1.37. The van der Waals surface area contributed by atoms with Gasteiger partial charge in [0.05, 0.1) is 34.1 Å². The first-order valence-electron chi connectivity index (χ1n) is 13.2. The zero-order valence-electron chi connectivity index (χ0n) is 22.4. The molecule has 0 saturated carbocycles. The van der Waals surface area contributed by atoms with Gasteiger partial charge in [0.25, 0.3) is 0 Å². The summed E-state index contributed by atoms with van der Waals surface area (Å²) in [6, 6.07) is 0. The van der Waals surface area contributed by atoms with E-state index >= 15 is 0 Å². The summed E-state index contributed by atoms with van der Waals surface area (Å²) >= 11 is 5.48. The van der Waals surface area contributed by atoms with Gasteiger partial charge in [-0.1, -0.05) is 26.5 Å². The van der Waals surface area contributed by atoms with Gasteiger partial charge in [0.2, 0.25) is 0 Å². The summed E-state index contributed by atoms with van der Waals surface area (Å²) in [5.41, 5.74) is 6.20. The summed E-state index contributed by atoms with van der Waals surface area (Å²) in [5.74, 6) is 1.19. The Morgan fingerprint density at radius 1 is 1.16 bits per heavy atom. The topological polar surface area (TPSA) is 73.4 Å². The highest BCUT2D eigenvalue weighted by Crippen LogP contribution is 2.34.